The number of imidazole rings is 1. The Labute approximate surface area is 123 Å². The highest BCUT2D eigenvalue weighted by molar-refractivity contribution is 7.89. The third-order valence-corrected chi connectivity index (χ3v) is 3.84. The number of aromatic nitrogens is 3. The molecule has 3 rings (SSSR count). The van der Waals surface area contributed by atoms with Crippen LogP contribution in [-0.4, -0.2) is 35.1 Å². The van der Waals surface area contributed by atoms with E-state index < -0.39 is 21.7 Å². The van der Waals surface area contributed by atoms with Crippen molar-refractivity contribution in [3.05, 3.63) is 36.2 Å². The summed E-state index contributed by atoms with van der Waals surface area (Å²) >= 11 is 0. The molecule has 22 heavy (non-hydrogen) atoms. The van der Waals surface area contributed by atoms with Crippen molar-refractivity contribution in [3.8, 4) is 0 Å². The first-order chi connectivity index (χ1) is 10.4. The van der Waals surface area contributed by atoms with Crippen LogP contribution in [0.25, 0.3) is 16.7 Å². The zero-order valence-electron chi connectivity index (χ0n) is 11.1. The van der Waals surface area contributed by atoms with Gasteiger partial charge in [-0.15, -0.1) is 0 Å². The SMILES string of the molecule is NS(=O)(=O)CCNc1nc2c(F)c(F)ccc2n2ccnc12. The van der Waals surface area contributed by atoms with Gasteiger partial charge in [0.2, 0.25) is 10.0 Å². The minimum atomic E-state index is -3.64. The molecule has 7 nitrogen and oxygen atoms in total. The van der Waals surface area contributed by atoms with Crippen LogP contribution in [0, 0.1) is 11.6 Å². The zero-order chi connectivity index (χ0) is 15.9. The van der Waals surface area contributed by atoms with E-state index in [1.807, 2.05) is 0 Å². The molecule has 0 bridgehead atoms. The first kappa shape index (κ1) is 14.6. The molecule has 2 aromatic heterocycles. The van der Waals surface area contributed by atoms with Gasteiger partial charge in [-0.25, -0.2) is 32.3 Å². The molecule has 0 saturated heterocycles. The minimum Gasteiger partial charge on any atom is -0.366 e. The highest BCUT2D eigenvalue weighted by Gasteiger charge is 2.15. The molecule has 0 radical (unpaired) electrons. The summed E-state index contributed by atoms with van der Waals surface area (Å²) in [7, 11) is -3.64. The summed E-state index contributed by atoms with van der Waals surface area (Å²) in [4.78, 5) is 8.09. The van der Waals surface area contributed by atoms with Gasteiger partial charge in [0.1, 0.15) is 5.52 Å². The summed E-state index contributed by atoms with van der Waals surface area (Å²) in [6.07, 6.45) is 3.05. The van der Waals surface area contributed by atoms with Crippen LogP contribution < -0.4 is 10.5 Å². The number of hydrogen-bond donors (Lipinski definition) is 2. The molecule has 2 heterocycles. The maximum absolute atomic E-state index is 13.9. The van der Waals surface area contributed by atoms with Gasteiger partial charge < -0.3 is 5.32 Å². The minimum absolute atomic E-state index is 0.0310. The smallest absolute Gasteiger partial charge is 0.210 e. The first-order valence-electron chi connectivity index (χ1n) is 6.22. The topological polar surface area (TPSA) is 102 Å². The Bertz CT molecular complexity index is 970. The van der Waals surface area contributed by atoms with E-state index in [0.29, 0.717) is 11.2 Å². The van der Waals surface area contributed by atoms with Gasteiger partial charge in [0, 0.05) is 18.9 Å². The van der Waals surface area contributed by atoms with E-state index in [1.54, 1.807) is 6.20 Å². The van der Waals surface area contributed by atoms with Gasteiger partial charge in [-0.3, -0.25) is 4.40 Å². The molecule has 0 fully saturated rings. The van der Waals surface area contributed by atoms with E-state index in [2.05, 4.69) is 15.3 Å². The molecule has 0 aliphatic rings. The second-order valence-electron chi connectivity index (χ2n) is 4.60. The lowest BCUT2D eigenvalue weighted by molar-refractivity contribution is 0.515. The number of fused-ring (bicyclic) bond motifs is 3. The molecular weight excluding hydrogens is 316 g/mol. The molecule has 116 valence electrons. The van der Waals surface area contributed by atoms with E-state index in [4.69, 9.17) is 5.14 Å². The Morgan fingerprint density at radius 1 is 1.32 bits per heavy atom. The van der Waals surface area contributed by atoms with Crippen molar-refractivity contribution >= 4 is 32.5 Å². The van der Waals surface area contributed by atoms with Crippen LogP contribution in [-0.2, 0) is 10.0 Å². The Balaban J connectivity index is 2.12. The number of anilines is 1. The summed E-state index contributed by atoms with van der Waals surface area (Å²) in [6, 6.07) is 2.40. The largest absolute Gasteiger partial charge is 0.366 e. The fourth-order valence-corrected chi connectivity index (χ4v) is 2.48. The number of rotatable bonds is 4. The average Bonchev–Trinajstić information content (AvgIpc) is 2.91. The predicted molar refractivity (Wildman–Crippen MR) is 76.9 cm³/mol. The number of sulfonamides is 1. The molecule has 3 N–H and O–H groups in total. The van der Waals surface area contributed by atoms with E-state index >= 15 is 0 Å². The summed E-state index contributed by atoms with van der Waals surface area (Å²) < 4.78 is 50.7. The van der Waals surface area contributed by atoms with Crippen LogP contribution in [0.1, 0.15) is 0 Å². The summed E-state index contributed by atoms with van der Waals surface area (Å²) in [5.41, 5.74) is 0.542. The van der Waals surface area contributed by atoms with E-state index in [9.17, 15) is 17.2 Å². The van der Waals surface area contributed by atoms with Gasteiger partial charge in [-0.05, 0) is 12.1 Å². The molecular formula is C12H11F2N5O2S. The van der Waals surface area contributed by atoms with E-state index in [1.165, 1.54) is 16.7 Å². The molecule has 0 atom stereocenters. The van der Waals surface area contributed by atoms with Crippen LogP contribution in [0.15, 0.2) is 24.5 Å². The van der Waals surface area contributed by atoms with Gasteiger partial charge in [0.25, 0.3) is 0 Å². The molecule has 0 amide bonds. The van der Waals surface area contributed by atoms with Gasteiger partial charge in [-0.1, -0.05) is 0 Å². The maximum atomic E-state index is 13.9. The number of benzene rings is 1. The fraction of sp³-hybridized carbons (Fsp3) is 0.167. The van der Waals surface area contributed by atoms with Crippen molar-refractivity contribution in [2.75, 3.05) is 17.6 Å². The average molecular weight is 327 g/mol. The normalized spacial score (nSPS) is 12.1. The number of nitrogens with one attached hydrogen (secondary N) is 1. The van der Waals surface area contributed by atoms with Crippen LogP contribution >= 0.6 is 0 Å². The van der Waals surface area contributed by atoms with Crippen molar-refractivity contribution in [1.82, 2.24) is 14.4 Å². The molecule has 0 aliphatic carbocycles. The lowest BCUT2D eigenvalue weighted by Gasteiger charge is -2.10. The molecule has 0 aliphatic heterocycles. The van der Waals surface area contributed by atoms with Crippen molar-refractivity contribution < 1.29 is 17.2 Å². The first-order valence-corrected chi connectivity index (χ1v) is 7.93. The van der Waals surface area contributed by atoms with Gasteiger partial charge in [0.15, 0.2) is 23.1 Å². The summed E-state index contributed by atoms with van der Waals surface area (Å²) in [6.45, 7) is -0.0310. The Kier molecular flexibility index (Phi) is 3.41. The fourth-order valence-electron chi connectivity index (χ4n) is 2.10. The summed E-state index contributed by atoms with van der Waals surface area (Å²) in [5, 5.41) is 7.63. The molecule has 0 spiro atoms. The third-order valence-electron chi connectivity index (χ3n) is 3.06. The number of hydrogen-bond acceptors (Lipinski definition) is 5. The molecule has 10 heteroatoms. The van der Waals surface area contributed by atoms with Crippen LogP contribution in [0.2, 0.25) is 0 Å². The van der Waals surface area contributed by atoms with Gasteiger partial charge in [0.05, 0.1) is 11.3 Å². The zero-order valence-corrected chi connectivity index (χ0v) is 11.9. The Morgan fingerprint density at radius 3 is 2.82 bits per heavy atom. The monoisotopic (exact) mass is 327 g/mol. The van der Waals surface area contributed by atoms with Crippen LogP contribution in [0.3, 0.4) is 0 Å². The van der Waals surface area contributed by atoms with Crippen molar-refractivity contribution in [3.63, 3.8) is 0 Å². The predicted octanol–water partition coefficient (Wildman–Crippen LogP) is 0.861. The molecule has 0 unspecified atom stereocenters. The van der Waals surface area contributed by atoms with Crippen LogP contribution in [0.5, 0.6) is 0 Å². The quantitative estimate of drug-likeness (QED) is 0.740. The summed E-state index contributed by atoms with van der Waals surface area (Å²) in [5.74, 6) is -2.28. The molecule has 3 aromatic rings. The van der Waals surface area contributed by atoms with Crippen molar-refractivity contribution in [2.24, 2.45) is 5.14 Å². The number of halogens is 2. The third kappa shape index (κ3) is 2.57. The van der Waals surface area contributed by atoms with Gasteiger partial charge >= 0.3 is 0 Å². The number of nitrogens with zero attached hydrogens (tertiary/aromatic N) is 3. The molecule has 1 aromatic carbocycles. The highest BCUT2D eigenvalue weighted by atomic mass is 32.2. The maximum Gasteiger partial charge on any atom is 0.210 e. The Hall–Kier alpha value is -2.33. The lowest BCUT2D eigenvalue weighted by atomic mass is 10.2. The second-order valence-corrected chi connectivity index (χ2v) is 6.34. The highest BCUT2D eigenvalue weighted by Crippen LogP contribution is 2.23. The number of primary sulfonamides is 1. The lowest BCUT2D eigenvalue weighted by Crippen LogP contribution is -2.22. The van der Waals surface area contributed by atoms with Crippen molar-refractivity contribution in [1.29, 1.82) is 0 Å². The standard InChI is InChI=1S/C12H11F2N5O2S/c13-7-1-2-8-10(9(7)14)18-11(12-17-3-5-19(8)12)16-4-6-22(15,20)21/h1-3,5H,4,6H2,(H,16,18)(H2,15,20,21). The number of nitrogens with two attached hydrogens (primary N) is 1. The van der Waals surface area contributed by atoms with Gasteiger partial charge in [-0.2, -0.15) is 0 Å². The van der Waals surface area contributed by atoms with Crippen molar-refractivity contribution in [2.45, 2.75) is 0 Å². The molecule has 0 saturated carbocycles. The Morgan fingerprint density at radius 2 is 2.09 bits per heavy atom. The van der Waals surface area contributed by atoms with Crippen LogP contribution in [0.4, 0.5) is 14.6 Å². The second kappa shape index (κ2) is 5.14. The van der Waals surface area contributed by atoms with E-state index in [0.717, 1.165) is 6.07 Å². The van der Waals surface area contributed by atoms with E-state index in [-0.39, 0.29) is 23.6 Å².